The highest BCUT2D eigenvalue weighted by Gasteiger charge is 2.16. The van der Waals surface area contributed by atoms with Crippen LogP contribution in [-0.4, -0.2) is 29.9 Å². The Bertz CT molecular complexity index is 1120. The second kappa shape index (κ2) is 10.1. The summed E-state index contributed by atoms with van der Waals surface area (Å²) in [7, 11) is 0. The standard InChI is InChI=1S/C27H27NO3/c1-20-18-28-26(17-27(20)31-15-14-30-24-11-3-2-4-12-24)23(19-29)16-22-10-7-9-21-8-5-6-13-25(21)22/h2-13,17-18,23,29H,14-16,19H2,1H3. The fourth-order valence-corrected chi connectivity index (χ4v) is 3.73. The van der Waals surface area contributed by atoms with Crippen LogP contribution in [0.1, 0.15) is 22.7 Å². The maximum Gasteiger partial charge on any atom is 0.125 e. The number of fused-ring (bicyclic) bond motifs is 1. The Kier molecular flexibility index (Phi) is 6.80. The SMILES string of the molecule is Cc1cnc(C(CO)Cc2cccc3ccccc23)cc1OCCOc1ccccc1. The Balaban J connectivity index is 1.45. The van der Waals surface area contributed by atoms with Crippen LogP contribution in [0.3, 0.4) is 0 Å². The van der Waals surface area contributed by atoms with Crippen LogP contribution in [0, 0.1) is 6.92 Å². The number of rotatable bonds is 9. The Morgan fingerprint density at radius 3 is 2.45 bits per heavy atom. The molecule has 0 aliphatic carbocycles. The van der Waals surface area contributed by atoms with Gasteiger partial charge in [-0.05, 0) is 41.8 Å². The van der Waals surface area contributed by atoms with Crippen molar-refractivity contribution in [1.29, 1.82) is 0 Å². The molecular weight excluding hydrogens is 386 g/mol. The third kappa shape index (κ3) is 5.22. The maximum atomic E-state index is 10.1. The number of hydrogen-bond donors (Lipinski definition) is 1. The van der Waals surface area contributed by atoms with Crippen molar-refractivity contribution in [3.63, 3.8) is 0 Å². The molecule has 4 heteroatoms. The van der Waals surface area contributed by atoms with Crippen LogP contribution in [0.4, 0.5) is 0 Å². The van der Waals surface area contributed by atoms with E-state index in [-0.39, 0.29) is 12.5 Å². The lowest BCUT2D eigenvalue weighted by Crippen LogP contribution is -2.13. The van der Waals surface area contributed by atoms with Crippen LogP contribution in [0.15, 0.2) is 85.1 Å². The summed E-state index contributed by atoms with van der Waals surface area (Å²) in [6.07, 6.45) is 2.53. The van der Waals surface area contributed by atoms with Crippen LogP contribution in [0.2, 0.25) is 0 Å². The van der Waals surface area contributed by atoms with E-state index in [9.17, 15) is 5.11 Å². The first-order valence-corrected chi connectivity index (χ1v) is 10.6. The molecular formula is C27H27NO3. The first-order chi connectivity index (χ1) is 15.2. The zero-order valence-corrected chi connectivity index (χ0v) is 17.7. The molecule has 4 rings (SSSR count). The third-order valence-corrected chi connectivity index (χ3v) is 5.41. The Labute approximate surface area is 183 Å². The summed E-state index contributed by atoms with van der Waals surface area (Å²) in [6.45, 7) is 2.89. The highest BCUT2D eigenvalue weighted by atomic mass is 16.5. The number of hydrogen-bond acceptors (Lipinski definition) is 4. The molecule has 4 aromatic rings. The molecule has 0 saturated heterocycles. The number of benzene rings is 3. The predicted octanol–water partition coefficient (Wildman–Crippen LogP) is 5.32. The van der Waals surface area contributed by atoms with Crippen LogP contribution < -0.4 is 9.47 Å². The molecule has 1 atom stereocenters. The topological polar surface area (TPSA) is 51.6 Å². The number of nitrogens with zero attached hydrogens (tertiary/aromatic N) is 1. The lowest BCUT2D eigenvalue weighted by atomic mass is 9.92. The van der Waals surface area contributed by atoms with Gasteiger partial charge < -0.3 is 14.6 Å². The summed E-state index contributed by atoms with van der Waals surface area (Å²) in [5, 5.41) is 12.5. The minimum Gasteiger partial charge on any atom is -0.490 e. The molecule has 0 aliphatic rings. The molecule has 1 N–H and O–H groups in total. The van der Waals surface area contributed by atoms with Crippen molar-refractivity contribution < 1.29 is 14.6 Å². The molecule has 0 fully saturated rings. The molecule has 1 heterocycles. The second-order valence-corrected chi connectivity index (χ2v) is 7.61. The molecule has 0 spiro atoms. The van der Waals surface area contributed by atoms with Crippen LogP contribution in [0.5, 0.6) is 11.5 Å². The largest absolute Gasteiger partial charge is 0.490 e. The van der Waals surface area contributed by atoms with Crippen molar-refractivity contribution in [2.24, 2.45) is 0 Å². The normalized spacial score (nSPS) is 11.9. The van der Waals surface area contributed by atoms with Gasteiger partial charge in [0.15, 0.2) is 0 Å². The van der Waals surface area contributed by atoms with Crippen molar-refractivity contribution in [3.8, 4) is 11.5 Å². The van der Waals surface area contributed by atoms with Crippen LogP contribution in [-0.2, 0) is 6.42 Å². The maximum absolute atomic E-state index is 10.1. The van der Waals surface area contributed by atoms with E-state index in [4.69, 9.17) is 9.47 Å². The van der Waals surface area contributed by atoms with E-state index in [1.54, 1.807) is 0 Å². The second-order valence-electron chi connectivity index (χ2n) is 7.61. The lowest BCUT2D eigenvalue weighted by Gasteiger charge is -2.17. The molecule has 0 amide bonds. The minimum absolute atomic E-state index is 0.0237. The predicted molar refractivity (Wildman–Crippen MR) is 124 cm³/mol. The molecule has 1 aromatic heterocycles. The van der Waals surface area contributed by atoms with Gasteiger partial charge in [-0.1, -0.05) is 60.7 Å². The van der Waals surface area contributed by atoms with Gasteiger partial charge in [0.2, 0.25) is 0 Å². The number of para-hydroxylation sites is 1. The summed E-state index contributed by atoms with van der Waals surface area (Å²) in [5.74, 6) is 1.50. The number of aryl methyl sites for hydroxylation is 1. The first kappa shape index (κ1) is 20.9. The molecule has 31 heavy (non-hydrogen) atoms. The van der Waals surface area contributed by atoms with E-state index in [2.05, 4.69) is 35.3 Å². The van der Waals surface area contributed by atoms with Gasteiger partial charge in [0.05, 0.1) is 6.61 Å². The average molecular weight is 414 g/mol. The monoisotopic (exact) mass is 413 g/mol. The zero-order chi connectivity index (χ0) is 21.5. The molecule has 0 saturated carbocycles. The number of aliphatic hydroxyl groups excluding tert-OH is 1. The smallest absolute Gasteiger partial charge is 0.125 e. The van der Waals surface area contributed by atoms with E-state index in [1.165, 1.54) is 16.3 Å². The summed E-state index contributed by atoms with van der Waals surface area (Å²) in [6, 6.07) is 26.3. The minimum atomic E-state index is -0.102. The molecule has 158 valence electrons. The molecule has 1 unspecified atom stereocenters. The summed E-state index contributed by atoms with van der Waals surface area (Å²) in [4.78, 5) is 4.59. The third-order valence-electron chi connectivity index (χ3n) is 5.41. The number of pyridine rings is 1. The molecule has 3 aromatic carbocycles. The van der Waals surface area contributed by atoms with Gasteiger partial charge >= 0.3 is 0 Å². The highest BCUT2D eigenvalue weighted by molar-refractivity contribution is 5.85. The fourth-order valence-electron chi connectivity index (χ4n) is 3.73. The van der Waals surface area contributed by atoms with Gasteiger partial charge in [-0.2, -0.15) is 0 Å². The summed E-state index contributed by atoms with van der Waals surface area (Å²) >= 11 is 0. The van der Waals surface area contributed by atoms with E-state index in [0.717, 1.165) is 22.8 Å². The number of aliphatic hydroxyl groups is 1. The van der Waals surface area contributed by atoms with E-state index < -0.39 is 0 Å². The van der Waals surface area contributed by atoms with Crippen molar-refractivity contribution in [3.05, 3.63) is 102 Å². The lowest BCUT2D eigenvalue weighted by molar-refractivity contribution is 0.215. The Hall–Kier alpha value is -3.37. The highest BCUT2D eigenvalue weighted by Crippen LogP contribution is 2.28. The van der Waals surface area contributed by atoms with Crippen LogP contribution in [0.25, 0.3) is 10.8 Å². The van der Waals surface area contributed by atoms with Gasteiger partial charge in [0, 0.05) is 29.4 Å². The van der Waals surface area contributed by atoms with Crippen molar-refractivity contribution in [2.45, 2.75) is 19.3 Å². The van der Waals surface area contributed by atoms with Crippen molar-refractivity contribution in [2.75, 3.05) is 19.8 Å². The molecule has 0 aliphatic heterocycles. The van der Waals surface area contributed by atoms with E-state index in [1.807, 2.05) is 61.7 Å². The van der Waals surface area contributed by atoms with Crippen LogP contribution >= 0.6 is 0 Å². The quantitative estimate of drug-likeness (QED) is 0.377. The Morgan fingerprint density at radius 2 is 1.61 bits per heavy atom. The first-order valence-electron chi connectivity index (χ1n) is 10.6. The van der Waals surface area contributed by atoms with Gasteiger partial charge in [-0.15, -0.1) is 0 Å². The average Bonchev–Trinajstić information content (AvgIpc) is 2.82. The van der Waals surface area contributed by atoms with Crippen molar-refractivity contribution >= 4 is 10.8 Å². The molecule has 0 radical (unpaired) electrons. The Morgan fingerprint density at radius 1 is 0.871 bits per heavy atom. The fraction of sp³-hybridized carbons (Fsp3) is 0.222. The number of aromatic nitrogens is 1. The number of ether oxygens (including phenoxy) is 2. The molecule has 4 nitrogen and oxygen atoms in total. The summed E-state index contributed by atoms with van der Waals surface area (Å²) < 4.78 is 11.7. The zero-order valence-electron chi connectivity index (χ0n) is 17.7. The molecule has 0 bridgehead atoms. The van der Waals surface area contributed by atoms with Gasteiger partial charge in [-0.3, -0.25) is 4.98 Å². The van der Waals surface area contributed by atoms with Gasteiger partial charge in [0.1, 0.15) is 24.7 Å². The summed E-state index contributed by atoms with van der Waals surface area (Å²) in [5.41, 5.74) is 3.00. The van der Waals surface area contributed by atoms with Crippen molar-refractivity contribution in [1.82, 2.24) is 4.98 Å². The van der Waals surface area contributed by atoms with Gasteiger partial charge in [-0.25, -0.2) is 0 Å². The van der Waals surface area contributed by atoms with E-state index >= 15 is 0 Å². The van der Waals surface area contributed by atoms with Gasteiger partial charge in [0.25, 0.3) is 0 Å². The van der Waals surface area contributed by atoms with E-state index in [0.29, 0.717) is 19.6 Å².